The second kappa shape index (κ2) is 22.7. The van der Waals surface area contributed by atoms with Crippen LogP contribution >= 0.6 is 0 Å². The van der Waals surface area contributed by atoms with Crippen LogP contribution in [0.2, 0.25) is 0 Å². The number of nitrogens with zero attached hydrogens (tertiary/aromatic N) is 1. The van der Waals surface area contributed by atoms with E-state index in [2.05, 4.69) is 22.9 Å². The average molecular weight is 809 g/mol. The molecule has 0 saturated heterocycles. The summed E-state index contributed by atoms with van der Waals surface area (Å²) in [7, 11) is 1.57. The molecule has 0 aliphatic rings. The SMILES string of the molecule is CCCCCC(C(=O)NCNC(=O)c1ccc(-c2ccc(C(=O)NC(CC(=O)OC(C)(C)C)C(=O)O)c(OCC)c2)o1)C(CC)N(C=O)OCc1ccc(OC)cc1. The largest absolute Gasteiger partial charge is 0.497 e. The molecule has 0 radical (unpaired) electrons. The molecule has 0 aliphatic carbocycles. The average Bonchev–Trinajstić information content (AvgIpc) is 3.68. The molecule has 4 N–H and O–H groups in total. The Morgan fingerprint density at radius 2 is 1.66 bits per heavy atom. The number of rotatable bonds is 24. The molecule has 316 valence electrons. The highest BCUT2D eigenvalue weighted by Gasteiger charge is 2.32. The molecule has 2 aromatic carbocycles. The Labute approximate surface area is 338 Å². The minimum Gasteiger partial charge on any atom is -0.497 e. The number of aliphatic carboxylic acids is 1. The Bertz CT molecular complexity index is 1840. The summed E-state index contributed by atoms with van der Waals surface area (Å²) in [4.78, 5) is 82.0. The standard InChI is InChI=1S/C42H56N4O12/c1-8-11-12-13-30(33(9-2)46(26-47)56-24-27-14-17-29(54-7)18-15-27)38(49)43-25-44-40(51)35-21-20-34(57-35)28-16-19-31(36(22-28)55-10-3)39(50)45-32(41(52)53)23-37(48)58-42(4,5)6/h14-22,26,30,32-33H,8-13,23-25H2,1-7H3,(H,43,49)(H,44,51)(H,45,50)(H,52,53). The van der Waals surface area contributed by atoms with E-state index in [4.69, 9.17) is 23.5 Å². The molecule has 4 amide bonds. The second-order valence-corrected chi connectivity index (χ2v) is 14.4. The van der Waals surface area contributed by atoms with Crippen LogP contribution in [0.25, 0.3) is 11.3 Å². The summed E-state index contributed by atoms with van der Waals surface area (Å²) in [6.07, 6.45) is 3.53. The van der Waals surface area contributed by atoms with E-state index in [9.17, 15) is 33.9 Å². The number of esters is 1. The molecule has 0 aliphatic heterocycles. The van der Waals surface area contributed by atoms with Gasteiger partial charge < -0.3 is 39.7 Å². The molecule has 1 aromatic heterocycles. The molecule has 3 rings (SSSR count). The van der Waals surface area contributed by atoms with Crippen molar-refractivity contribution in [2.75, 3.05) is 20.4 Å². The Kier molecular flexibility index (Phi) is 18.2. The first-order valence-electron chi connectivity index (χ1n) is 19.3. The number of carboxylic acid groups (broad SMARTS) is 1. The fraction of sp³-hybridized carbons (Fsp3) is 0.476. The summed E-state index contributed by atoms with van der Waals surface area (Å²) in [6, 6.07) is 12.6. The van der Waals surface area contributed by atoms with Gasteiger partial charge in [0.1, 0.15) is 35.5 Å². The maximum Gasteiger partial charge on any atom is 0.326 e. The maximum absolute atomic E-state index is 13.6. The number of nitrogens with one attached hydrogen (secondary N) is 3. The van der Waals surface area contributed by atoms with E-state index >= 15 is 0 Å². The molecular weight excluding hydrogens is 752 g/mol. The number of amides is 4. The third-order valence-electron chi connectivity index (χ3n) is 8.85. The molecule has 3 atom stereocenters. The zero-order chi connectivity index (χ0) is 42.8. The van der Waals surface area contributed by atoms with Gasteiger partial charge in [-0.2, -0.15) is 0 Å². The van der Waals surface area contributed by atoms with E-state index in [0.717, 1.165) is 24.8 Å². The van der Waals surface area contributed by atoms with Crippen LogP contribution in [0.15, 0.2) is 59.0 Å². The number of carboxylic acids is 1. The van der Waals surface area contributed by atoms with E-state index in [1.54, 1.807) is 53.0 Å². The van der Waals surface area contributed by atoms with Gasteiger partial charge in [0.15, 0.2) is 5.76 Å². The number of carbonyl (C=O) groups excluding carboxylic acids is 5. The Hall–Kier alpha value is -5.90. The van der Waals surface area contributed by atoms with E-state index in [-0.39, 0.29) is 48.6 Å². The Balaban J connectivity index is 1.67. The normalized spacial score (nSPS) is 12.7. The number of unbranched alkanes of at least 4 members (excludes halogenated alkanes) is 2. The third-order valence-corrected chi connectivity index (χ3v) is 8.85. The number of hydrogen-bond acceptors (Lipinski definition) is 11. The van der Waals surface area contributed by atoms with E-state index in [1.165, 1.54) is 29.3 Å². The van der Waals surface area contributed by atoms with Crippen molar-refractivity contribution in [3.63, 3.8) is 0 Å². The first-order chi connectivity index (χ1) is 27.6. The van der Waals surface area contributed by atoms with Crippen molar-refractivity contribution in [3.8, 4) is 22.8 Å². The molecule has 16 nitrogen and oxygen atoms in total. The van der Waals surface area contributed by atoms with E-state index in [0.29, 0.717) is 30.6 Å². The number of benzene rings is 2. The smallest absolute Gasteiger partial charge is 0.326 e. The molecule has 0 saturated carbocycles. The molecule has 3 unspecified atom stereocenters. The molecule has 0 spiro atoms. The van der Waals surface area contributed by atoms with Crippen LogP contribution in [0, 0.1) is 5.92 Å². The Morgan fingerprint density at radius 1 is 0.931 bits per heavy atom. The lowest BCUT2D eigenvalue weighted by Crippen LogP contribution is -2.48. The van der Waals surface area contributed by atoms with Crippen LogP contribution in [0.1, 0.15) is 107 Å². The molecule has 3 aromatic rings. The monoisotopic (exact) mass is 808 g/mol. The van der Waals surface area contributed by atoms with Crippen molar-refractivity contribution in [1.29, 1.82) is 0 Å². The van der Waals surface area contributed by atoms with Crippen molar-refractivity contribution in [1.82, 2.24) is 21.0 Å². The predicted octanol–water partition coefficient (Wildman–Crippen LogP) is 5.64. The zero-order valence-corrected chi connectivity index (χ0v) is 34.3. The fourth-order valence-corrected chi connectivity index (χ4v) is 6.00. The molecular formula is C42H56N4O12. The van der Waals surface area contributed by atoms with Gasteiger partial charge in [-0.05, 0) is 82.5 Å². The lowest BCUT2D eigenvalue weighted by atomic mass is 9.90. The third kappa shape index (κ3) is 14.2. The minimum absolute atomic E-state index is 0.0136. The van der Waals surface area contributed by atoms with Crippen molar-refractivity contribution in [2.24, 2.45) is 5.92 Å². The van der Waals surface area contributed by atoms with Gasteiger partial charge in [-0.1, -0.05) is 51.3 Å². The van der Waals surface area contributed by atoms with Gasteiger partial charge in [-0.15, -0.1) is 0 Å². The van der Waals surface area contributed by atoms with Gasteiger partial charge in [-0.25, -0.2) is 9.86 Å². The lowest BCUT2D eigenvalue weighted by molar-refractivity contribution is -0.200. The molecule has 0 fully saturated rings. The summed E-state index contributed by atoms with van der Waals surface area (Å²) in [5.41, 5.74) is 0.444. The minimum atomic E-state index is -1.55. The number of furan rings is 1. The van der Waals surface area contributed by atoms with Crippen molar-refractivity contribution >= 4 is 36.1 Å². The van der Waals surface area contributed by atoms with Gasteiger partial charge in [0.05, 0.1) is 44.3 Å². The fourth-order valence-electron chi connectivity index (χ4n) is 6.00. The van der Waals surface area contributed by atoms with Gasteiger partial charge in [-0.3, -0.25) is 28.8 Å². The van der Waals surface area contributed by atoms with Crippen LogP contribution in [0.4, 0.5) is 0 Å². The van der Waals surface area contributed by atoms with Gasteiger partial charge in [0, 0.05) is 5.56 Å². The van der Waals surface area contributed by atoms with Crippen molar-refractivity contribution in [2.45, 2.75) is 104 Å². The highest BCUT2D eigenvalue weighted by atomic mass is 16.7. The number of carbonyl (C=O) groups is 6. The van der Waals surface area contributed by atoms with Gasteiger partial charge in [0.25, 0.3) is 11.8 Å². The first-order valence-corrected chi connectivity index (χ1v) is 19.3. The highest BCUT2D eigenvalue weighted by Crippen LogP contribution is 2.30. The molecule has 1 heterocycles. The summed E-state index contributed by atoms with van der Waals surface area (Å²) in [5.74, 6) is -3.55. The summed E-state index contributed by atoms with van der Waals surface area (Å²) >= 11 is 0. The summed E-state index contributed by atoms with van der Waals surface area (Å²) < 4.78 is 21.9. The topological polar surface area (TPSA) is 212 Å². The van der Waals surface area contributed by atoms with Gasteiger partial charge in [0.2, 0.25) is 12.3 Å². The second-order valence-electron chi connectivity index (χ2n) is 14.4. The number of methoxy groups -OCH3 is 1. The number of ether oxygens (including phenoxy) is 3. The lowest BCUT2D eigenvalue weighted by Gasteiger charge is -2.32. The van der Waals surface area contributed by atoms with Crippen LogP contribution in [0.5, 0.6) is 11.5 Å². The van der Waals surface area contributed by atoms with E-state index < -0.39 is 53.8 Å². The predicted molar refractivity (Wildman–Crippen MR) is 213 cm³/mol. The van der Waals surface area contributed by atoms with Crippen molar-refractivity contribution in [3.05, 3.63) is 71.5 Å². The van der Waals surface area contributed by atoms with E-state index in [1.807, 2.05) is 19.1 Å². The van der Waals surface area contributed by atoms with Crippen LogP contribution < -0.4 is 25.4 Å². The number of hydroxylamine groups is 2. The molecule has 0 bridgehead atoms. The maximum atomic E-state index is 13.6. The van der Waals surface area contributed by atoms with Gasteiger partial charge >= 0.3 is 11.9 Å². The van der Waals surface area contributed by atoms with Crippen LogP contribution in [-0.4, -0.2) is 84.3 Å². The molecule has 16 heteroatoms. The molecule has 58 heavy (non-hydrogen) atoms. The quantitative estimate of drug-likeness (QED) is 0.0285. The summed E-state index contributed by atoms with van der Waals surface area (Å²) in [5, 5.41) is 18.6. The first kappa shape index (κ1) is 46.5. The Morgan fingerprint density at radius 3 is 2.26 bits per heavy atom. The summed E-state index contributed by atoms with van der Waals surface area (Å²) in [6.45, 7) is 10.6. The highest BCUT2D eigenvalue weighted by molar-refractivity contribution is 6.00. The number of hydrogen-bond donors (Lipinski definition) is 4. The van der Waals surface area contributed by atoms with Crippen LogP contribution in [-0.2, 0) is 35.4 Å². The zero-order valence-electron chi connectivity index (χ0n) is 34.3. The van der Waals surface area contributed by atoms with Crippen LogP contribution in [0.3, 0.4) is 0 Å². The van der Waals surface area contributed by atoms with Crippen molar-refractivity contribution < 1.29 is 57.3 Å².